The fraction of sp³-hybridized carbons (Fsp3) is 0.591. The number of guanidine groups is 1. The Morgan fingerprint density at radius 2 is 1.97 bits per heavy atom. The summed E-state index contributed by atoms with van der Waals surface area (Å²) < 4.78 is 0. The quantitative estimate of drug-likeness (QED) is 0.311. The predicted molar refractivity (Wildman–Crippen MR) is 140 cm³/mol. The second kappa shape index (κ2) is 12.5. The number of rotatable bonds is 7. The van der Waals surface area contributed by atoms with Crippen molar-refractivity contribution in [2.75, 3.05) is 44.7 Å². The molecule has 2 aliphatic heterocycles. The molecule has 4 rings (SSSR count). The summed E-state index contributed by atoms with van der Waals surface area (Å²) in [4.78, 5) is 18.6. The number of thiazole rings is 1. The van der Waals surface area contributed by atoms with Gasteiger partial charge >= 0.3 is 0 Å². The van der Waals surface area contributed by atoms with Crippen molar-refractivity contribution in [3.05, 3.63) is 41.2 Å². The molecule has 7 nitrogen and oxygen atoms in total. The maximum atomic E-state index is 4.81. The lowest BCUT2D eigenvalue weighted by atomic mass is 10.0. The molecule has 31 heavy (non-hydrogen) atoms. The molecular formula is C22H34IN7S. The van der Waals surface area contributed by atoms with Crippen LogP contribution in [0.5, 0.6) is 0 Å². The fourth-order valence-electron chi connectivity index (χ4n) is 4.12. The minimum Gasteiger partial charge on any atom is -0.356 e. The molecule has 2 saturated heterocycles. The van der Waals surface area contributed by atoms with Gasteiger partial charge in [0.25, 0.3) is 0 Å². The Morgan fingerprint density at radius 1 is 1.16 bits per heavy atom. The summed E-state index contributed by atoms with van der Waals surface area (Å²) in [5.74, 6) is 0.896. The molecule has 2 aliphatic rings. The van der Waals surface area contributed by atoms with Crippen LogP contribution >= 0.6 is 35.3 Å². The van der Waals surface area contributed by atoms with Gasteiger partial charge in [-0.15, -0.1) is 35.3 Å². The smallest absolute Gasteiger partial charge is 0.191 e. The van der Waals surface area contributed by atoms with Crippen molar-refractivity contribution in [1.29, 1.82) is 0 Å². The van der Waals surface area contributed by atoms with Gasteiger partial charge in [0.15, 0.2) is 11.1 Å². The largest absolute Gasteiger partial charge is 0.356 e. The van der Waals surface area contributed by atoms with E-state index >= 15 is 0 Å². The van der Waals surface area contributed by atoms with Gasteiger partial charge in [-0.25, -0.2) is 4.98 Å². The van der Waals surface area contributed by atoms with Gasteiger partial charge in [0.2, 0.25) is 0 Å². The zero-order chi connectivity index (χ0) is 20.6. The molecule has 0 bridgehead atoms. The number of aliphatic imine (C=N–C) groups is 1. The first-order valence-electron chi connectivity index (χ1n) is 11.1. The summed E-state index contributed by atoms with van der Waals surface area (Å²) in [6, 6.07) is 6.61. The monoisotopic (exact) mass is 555 g/mol. The molecule has 4 heterocycles. The summed E-state index contributed by atoms with van der Waals surface area (Å²) in [6.07, 6.45) is 7.63. The molecule has 2 aromatic rings. The predicted octanol–water partition coefficient (Wildman–Crippen LogP) is 3.13. The van der Waals surface area contributed by atoms with Crippen LogP contribution < -0.4 is 15.5 Å². The molecule has 0 aromatic carbocycles. The molecule has 170 valence electrons. The number of pyridine rings is 1. The van der Waals surface area contributed by atoms with Crippen LogP contribution in [0.25, 0.3) is 0 Å². The minimum absolute atomic E-state index is 0. The number of likely N-dealkylation sites (tertiary alicyclic amines) is 1. The number of anilines is 1. The van der Waals surface area contributed by atoms with Crippen molar-refractivity contribution in [2.24, 2.45) is 4.99 Å². The summed E-state index contributed by atoms with van der Waals surface area (Å²) in [6.45, 7) is 6.27. The second-order valence-corrected chi connectivity index (χ2v) is 8.92. The van der Waals surface area contributed by atoms with Gasteiger partial charge in [-0.1, -0.05) is 6.07 Å². The average molecular weight is 556 g/mol. The van der Waals surface area contributed by atoms with Crippen molar-refractivity contribution in [3.8, 4) is 0 Å². The Hall–Kier alpha value is -1.46. The average Bonchev–Trinajstić information content (AvgIpc) is 3.47. The standard InChI is InChI=1S/C22H33N7S.HI/c1-23-21(25-11-7-20-17-30-22(27-20)29-12-4-5-13-29)26-18-8-14-28(15-9-18)16-19-6-2-3-10-24-19;/h2-3,6,10,17-18H,4-5,7-9,11-16H2,1H3,(H2,23,25,26);1H. The Balaban J connectivity index is 0.00000272. The lowest BCUT2D eigenvalue weighted by molar-refractivity contribution is 0.196. The van der Waals surface area contributed by atoms with Crippen LogP contribution in [0.4, 0.5) is 5.13 Å². The van der Waals surface area contributed by atoms with Gasteiger partial charge in [0.05, 0.1) is 11.4 Å². The molecule has 2 N–H and O–H groups in total. The number of aromatic nitrogens is 2. The molecule has 0 amide bonds. The zero-order valence-electron chi connectivity index (χ0n) is 18.3. The lowest BCUT2D eigenvalue weighted by Crippen LogP contribution is -2.48. The molecule has 0 unspecified atom stereocenters. The molecule has 2 fully saturated rings. The highest BCUT2D eigenvalue weighted by molar-refractivity contribution is 14.0. The SMILES string of the molecule is CN=C(NCCc1csc(N2CCCC2)n1)NC1CCN(Cc2ccccn2)CC1.I. The van der Waals surface area contributed by atoms with Crippen molar-refractivity contribution >= 4 is 46.4 Å². The van der Waals surface area contributed by atoms with Crippen molar-refractivity contribution < 1.29 is 0 Å². The third-order valence-corrected chi connectivity index (χ3v) is 6.80. The Labute approximate surface area is 206 Å². The number of nitrogens with zero attached hydrogens (tertiary/aromatic N) is 5. The number of piperidine rings is 1. The van der Waals surface area contributed by atoms with Crippen molar-refractivity contribution in [1.82, 2.24) is 25.5 Å². The van der Waals surface area contributed by atoms with Crippen LogP contribution in [0, 0.1) is 0 Å². The molecule has 0 saturated carbocycles. The second-order valence-electron chi connectivity index (χ2n) is 8.08. The van der Waals surface area contributed by atoms with Gasteiger partial charge in [-0.05, 0) is 37.8 Å². The van der Waals surface area contributed by atoms with Crippen LogP contribution in [0.2, 0.25) is 0 Å². The first-order chi connectivity index (χ1) is 14.8. The summed E-state index contributed by atoms with van der Waals surface area (Å²) in [5.41, 5.74) is 2.32. The molecular weight excluding hydrogens is 521 g/mol. The van der Waals surface area contributed by atoms with Gasteiger partial charge < -0.3 is 15.5 Å². The molecule has 0 atom stereocenters. The zero-order valence-corrected chi connectivity index (χ0v) is 21.4. The Kier molecular flexibility index (Phi) is 9.79. The fourth-order valence-corrected chi connectivity index (χ4v) is 5.03. The van der Waals surface area contributed by atoms with E-state index in [9.17, 15) is 0 Å². The van der Waals surface area contributed by atoms with E-state index in [1.165, 1.54) is 23.7 Å². The van der Waals surface area contributed by atoms with Gasteiger partial charge in [-0.2, -0.15) is 0 Å². The van der Waals surface area contributed by atoms with Crippen LogP contribution in [0.3, 0.4) is 0 Å². The molecule has 2 aromatic heterocycles. The molecule has 0 spiro atoms. The third-order valence-electron chi connectivity index (χ3n) is 5.85. The Bertz CT molecular complexity index is 799. The van der Waals surface area contributed by atoms with Crippen LogP contribution in [-0.2, 0) is 13.0 Å². The van der Waals surface area contributed by atoms with Gasteiger partial charge in [0.1, 0.15) is 0 Å². The van der Waals surface area contributed by atoms with Crippen LogP contribution in [0.15, 0.2) is 34.8 Å². The minimum atomic E-state index is 0. The number of halogens is 1. The first kappa shape index (κ1) is 24.2. The van der Waals surface area contributed by atoms with E-state index in [0.29, 0.717) is 6.04 Å². The van der Waals surface area contributed by atoms with Gasteiger partial charge in [-0.3, -0.25) is 14.9 Å². The van der Waals surface area contributed by atoms with Crippen molar-refractivity contribution in [2.45, 2.75) is 44.7 Å². The van der Waals surface area contributed by atoms with E-state index in [1.807, 2.05) is 19.3 Å². The van der Waals surface area contributed by atoms with Crippen LogP contribution in [-0.4, -0.2) is 66.6 Å². The maximum Gasteiger partial charge on any atom is 0.191 e. The molecule has 9 heteroatoms. The summed E-state index contributed by atoms with van der Waals surface area (Å²) >= 11 is 1.77. The lowest BCUT2D eigenvalue weighted by Gasteiger charge is -2.32. The van der Waals surface area contributed by atoms with E-state index in [0.717, 1.165) is 70.2 Å². The van der Waals surface area contributed by atoms with Gasteiger partial charge in [0, 0.05) is 70.4 Å². The summed E-state index contributed by atoms with van der Waals surface area (Å²) in [7, 11) is 1.85. The number of nitrogens with one attached hydrogen (secondary N) is 2. The normalized spacial score (nSPS) is 18.1. The molecule has 0 aliphatic carbocycles. The first-order valence-corrected chi connectivity index (χ1v) is 12.0. The van der Waals surface area contributed by atoms with Crippen LogP contribution in [0.1, 0.15) is 37.1 Å². The van der Waals surface area contributed by atoms with E-state index in [-0.39, 0.29) is 24.0 Å². The van der Waals surface area contributed by atoms with E-state index in [4.69, 9.17) is 4.98 Å². The van der Waals surface area contributed by atoms with E-state index in [1.54, 1.807) is 11.3 Å². The highest BCUT2D eigenvalue weighted by Gasteiger charge is 2.20. The highest BCUT2D eigenvalue weighted by atomic mass is 127. The Morgan fingerprint density at radius 3 is 2.68 bits per heavy atom. The molecule has 0 radical (unpaired) electrons. The third kappa shape index (κ3) is 7.28. The number of hydrogen-bond donors (Lipinski definition) is 2. The number of hydrogen-bond acceptors (Lipinski definition) is 6. The topological polar surface area (TPSA) is 68.7 Å². The maximum absolute atomic E-state index is 4.81. The summed E-state index contributed by atoms with van der Waals surface area (Å²) in [5, 5.41) is 10.4. The highest BCUT2D eigenvalue weighted by Crippen LogP contribution is 2.24. The van der Waals surface area contributed by atoms with E-state index < -0.39 is 0 Å². The van der Waals surface area contributed by atoms with E-state index in [2.05, 4.69) is 47.9 Å². The van der Waals surface area contributed by atoms with Crippen molar-refractivity contribution in [3.63, 3.8) is 0 Å².